The normalized spacial score (nSPS) is 10.2. The molecule has 0 saturated carbocycles. The molecule has 0 radical (unpaired) electrons. The van der Waals surface area contributed by atoms with Crippen molar-refractivity contribution in [2.45, 2.75) is 20.3 Å². The summed E-state index contributed by atoms with van der Waals surface area (Å²) in [6, 6.07) is 0. The van der Waals surface area contributed by atoms with E-state index in [1.54, 1.807) is 13.8 Å². The third-order valence-electron chi connectivity index (χ3n) is 1.95. The zero-order chi connectivity index (χ0) is 10.6. The van der Waals surface area contributed by atoms with Gasteiger partial charge in [0.1, 0.15) is 5.76 Å². The molecule has 14 heavy (non-hydrogen) atoms. The average Bonchev–Trinajstić information content (AvgIpc) is 2.46. The van der Waals surface area contributed by atoms with E-state index in [9.17, 15) is 4.79 Å². The Balaban J connectivity index is 2.55. The minimum atomic E-state index is -0.131. The van der Waals surface area contributed by atoms with Crippen molar-refractivity contribution in [1.82, 2.24) is 10.5 Å². The molecule has 1 aromatic rings. The second kappa shape index (κ2) is 4.76. The SMILES string of the molecule is Cc1noc(C)c1CC(=O)NCCO. The molecule has 0 bridgehead atoms. The summed E-state index contributed by atoms with van der Waals surface area (Å²) in [7, 11) is 0. The molecule has 0 aliphatic carbocycles. The lowest BCUT2D eigenvalue weighted by molar-refractivity contribution is -0.120. The van der Waals surface area contributed by atoms with Crippen molar-refractivity contribution >= 4 is 5.91 Å². The zero-order valence-electron chi connectivity index (χ0n) is 8.33. The van der Waals surface area contributed by atoms with Gasteiger partial charge in [0.05, 0.1) is 18.7 Å². The van der Waals surface area contributed by atoms with Gasteiger partial charge in [0.2, 0.25) is 5.91 Å². The predicted octanol–water partition coefficient (Wildman–Crippen LogP) is -0.0576. The molecule has 78 valence electrons. The molecule has 0 atom stereocenters. The number of hydrogen-bond donors (Lipinski definition) is 2. The van der Waals surface area contributed by atoms with Crippen molar-refractivity contribution in [2.24, 2.45) is 0 Å². The minimum Gasteiger partial charge on any atom is -0.395 e. The number of aryl methyl sites for hydroxylation is 2. The van der Waals surface area contributed by atoms with Gasteiger partial charge >= 0.3 is 0 Å². The Labute approximate surface area is 82.1 Å². The van der Waals surface area contributed by atoms with Crippen LogP contribution in [0.4, 0.5) is 0 Å². The van der Waals surface area contributed by atoms with Gasteiger partial charge in [-0.15, -0.1) is 0 Å². The summed E-state index contributed by atoms with van der Waals surface area (Å²) >= 11 is 0. The summed E-state index contributed by atoms with van der Waals surface area (Å²) in [6.07, 6.45) is 0.251. The lowest BCUT2D eigenvalue weighted by atomic mass is 10.1. The first-order valence-electron chi connectivity index (χ1n) is 4.44. The molecule has 1 amide bonds. The maximum Gasteiger partial charge on any atom is 0.224 e. The van der Waals surface area contributed by atoms with Gasteiger partial charge in [-0.2, -0.15) is 0 Å². The number of carbonyl (C=O) groups is 1. The fourth-order valence-electron chi connectivity index (χ4n) is 1.17. The molecule has 5 heteroatoms. The van der Waals surface area contributed by atoms with Crippen LogP contribution in [0, 0.1) is 13.8 Å². The maximum absolute atomic E-state index is 11.3. The van der Waals surface area contributed by atoms with Crippen molar-refractivity contribution < 1.29 is 14.4 Å². The van der Waals surface area contributed by atoms with Crippen LogP contribution < -0.4 is 5.32 Å². The van der Waals surface area contributed by atoms with Gasteiger partial charge in [-0.3, -0.25) is 4.79 Å². The van der Waals surface area contributed by atoms with Gasteiger partial charge in [-0.1, -0.05) is 5.16 Å². The van der Waals surface area contributed by atoms with Crippen molar-refractivity contribution in [1.29, 1.82) is 0 Å². The van der Waals surface area contributed by atoms with Crippen molar-refractivity contribution in [3.63, 3.8) is 0 Å². The highest BCUT2D eigenvalue weighted by Crippen LogP contribution is 2.12. The number of rotatable bonds is 4. The smallest absolute Gasteiger partial charge is 0.224 e. The van der Waals surface area contributed by atoms with E-state index in [0.29, 0.717) is 5.76 Å². The molecule has 1 rings (SSSR count). The van der Waals surface area contributed by atoms with E-state index in [4.69, 9.17) is 9.63 Å². The number of aliphatic hydroxyl groups excluding tert-OH is 1. The van der Waals surface area contributed by atoms with Crippen LogP contribution in [0.5, 0.6) is 0 Å². The van der Waals surface area contributed by atoms with Gasteiger partial charge < -0.3 is 14.9 Å². The second-order valence-electron chi connectivity index (χ2n) is 3.05. The number of amides is 1. The Bertz CT molecular complexity index is 300. The van der Waals surface area contributed by atoms with Crippen LogP contribution in [0.2, 0.25) is 0 Å². The van der Waals surface area contributed by atoms with E-state index in [1.807, 2.05) is 0 Å². The fourth-order valence-corrected chi connectivity index (χ4v) is 1.17. The third-order valence-corrected chi connectivity index (χ3v) is 1.95. The van der Waals surface area contributed by atoms with Gasteiger partial charge in [-0.05, 0) is 13.8 Å². The highest BCUT2D eigenvalue weighted by atomic mass is 16.5. The summed E-state index contributed by atoms with van der Waals surface area (Å²) in [6.45, 7) is 3.80. The van der Waals surface area contributed by atoms with E-state index in [-0.39, 0.29) is 25.5 Å². The highest BCUT2D eigenvalue weighted by Gasteiger charge is 2.12. The largest absolute Gasteiger partial charge is 0.395 e. The Hall–Kier alpha value is -1.36. The second-order valence-corrected chi connectivity index (χ2v) is 3.05. The van der Waals surface area contributed by atoms with Crippen molar-refractivity contribution in [3.05, 3.63) is 17.0 Å². The molecule has 0 aliphatic heterocycles. The van der Waals surface area contributed by atoms with Crippen LogP contribution in [0.15, 0.2) is 4.52 Å². The van der Waals surface area contributed by atoms with E-state index >= 15 is 0 Å². The molecular formula is C9H14N2O3. The zero-order valence-corrected chi connectivity index (χ0v) is 8.33. The number of hydrogen-bond acceptors (Lipinski definition) is 4. The lowest BCUT2D eigenvalue weighted by Crippen LogP contribution is -2.28. The molecule has 1 aromatic heterocycles. The van der Waals surface area contributed by atoms with Crippen molar-refractivity contribution in [2.75, 3.05) is 13.2 Å². The van der Waals surface area contributed by atoms with Gasteiger partial charge in [0.15, 0.2) is 0 Å². The maximum atomic E-state index is 11.3. The quantitative estimate of drug-likeness (QED) is 0.710. The average molecular weight is 198 g/mol. The Kier molecular flexibility index (Phi) is 3.64. The fraction of sp³-hybridized carbons (Fsp3) is 0.556. The van der Waals surface area contributed by atoms with Crippen LogP contribution in [0.3, 0.4) is 0 Å². The molecule has 1 heterocycles. The Morgan fingerprint density at radius 2 is 2.29 bits per heavy atom. The topological polar surface area (TPSA) is 75.4 Å². The Morgan fingerprint density at radius 3 is 2.79 bits per heavy atom. The van der Waals surface area contributed by atoms with E-state index in [2.05, 4.69) is 10.5 Å². The monoisotopic (exact) mass is 198 g/mol. The van der Waals surface area contributed by atoms with Gasteiger partial charge in [-0.25, -0.2) is 0 Å². The molecule has 0 spiro atoms. The first-order valence-corrected chi connectivity index (χ1v) is 4.44. The lowest BCUT2D eigenvalue weighted by Gasteiger charge is -2.01. The van der Waals surface area contributed by atoms with E-state index < -0.39 is 0 Å². The number of aromatic nitrogens is 1. The number of carbonyl (C=O) groups excluding carboxylic acids is 1. The molecule has 0 unspecified atom stereocenters. The number of nitrogens with zero attached hydrogens (tertiary/aromatic N) is 1. The van der Waals surface area contributed by atoms with E-state index in [1.165, 1.54) is 0 Å². The first-order chi connectivity index (χ1) is 6.65. The van der Waals surface area contributed by atoms with E-state index in [0.717, 1.165) is 11.3 Å². The summed E-state index contributed by atoms with van der Waals surface area (Å²) < 4.78 is 4.92. The first kappa shape index (κ1) is 10.7. The molecular weight excluding hydrogens is 184 g/mol. The third kappa shape index (κ3) is 2.56. The minimum absolute atomic E-state index is 0.0483. The summed E-state index contributed by atoms with van der Waals surface area (Å²) in [5.41, 5.74) is 1.56. The summed E-state index contributed by atoms with van der Waals surface area (Å²) in [5, 5.41) is 14.8. The molecule has 2 N–H and O–H groups in total. The molecule has 5 nitrogen and oxygen atoms in total. The predicted molar refractivity (Wildman–Crippen MR) is 49.8 cm³/mol. The van der Waals surface area contributed by atoms with Crippen molar-refractivity contribution in [3.8, 4) is 0 Å². The van der Waals surface area contributed by atoms with Crippen LogP contribution in [-0.4, -0.2) is 29.3 Å². The Morgan fingerprint density at radius 1 is 1.57 bits per heavy atom. The standard InChI is InChI=1S/C9H14N2O3/c1-6-8(7(2)14-11-6)5-9(13)10-3-4-12/h12H,3-5H2,1-2H3,(H,10,13). The highest BCUT2D eigenvalue weighted by molar-refractivity contribution is 5.78. The van der Waals surface area contributed by atoms with Crippen LogP contribution in [-0.2, 0) is 11.2 Å². The van der Waals surface area contributed by atoms with Gasteiger partial charge in [0, 0.05) is 12.1 Å². The summed E-state index contributed by atoms with van der Waals surface area (Å²) in [5.74, 6) is 0.537. The van der Waals surface area contributed by atoms with Crippen LogP contribution in [0.1, 0.15) is 17.0 Å². The number of aliphatic hydroxyl groups is 1. The van der Waals surface area contributed by atoms with Crippen LogP contribution >= 0.6 is 0 Å². The molecule has 0 aliphatic rings. The molecule has 0 fully saturated rings. The van der Waals surface area contributed by atoms with Crippen LogP contribution in [0.25, 0.3) is 0 Å². The number of nitrogens with one attached hydrogen (secondary N) is 1. The molecule has 0 saturated heterocycles. The molecule has 0 aromatic carbocycles. The van der Waals surface area contributed by atoms with Gasteiger partial charge in [0.25, 0.3) is 0 Å². The summed E-state index contributed by atoms with van der Waals surface area (Å²) in [4.78, 5) is 11.3.